The van der Waals surface area contributed by atoms with Crippen LogP contribution in [0.25, 0.3) is 11.3 Å². The summed E-state index contributed by atoms with van der Waals surface area (Å²) >= 11 is 0. The second-order valence-electron chi connectivity index (χ2n) is 6.93. The Kier molecular flexibility index (Phi) is 4.18. The van der Waals surface area contributed by atoms with Crippen LogP contribution in [0.5, 0.6) is 5.88 Å². The number of aromatic nitrogens is 2. The van der Waals surface area contributed by atoms with Gasteiger partial charge in [0.25, 0.3) is 5.91 Å². The Labute approximate surface area is 156 Å². The Hall–Kier alpha value is -3.16. The van der Waals surface area contributed by atoms with Crippen LogP contribution >= 0.6 is 0 Å². The van der Waals surface area contributed by atoms with Crippen LogP contribution < -0.4 is 4.74 Å². The number of carbonyl (C=O) groups excluding carboxylic acids is 2. The number of likely N-dealkylation sites (tertiary alicyclic amines) is 1. The van der Waals surface area contributed by atoms with Crippen molar-refractivity contribution in [2.24, 2.45) is 0 Å². The first-order valence-corrected chi connectivity index (χ1v) is 8.71. The number of rotatable bonds is 3. The second-order valence-corrected chi connectivity index (χ2v) is 6.93. The summed E-state index contributed by atoms with van der Waals surface area (Å²) in [5.74, 6) is 0.352. The van der Waals surface area contributed by atoms with Crippen molar-refractivity contribution in [3.63, 3.8) is 0 Å². The van der Waals surface area contributed by atoms with Crippen LogP contribution in [0.3, 0.4) is 0 Å². The molecule has 2 saturated heterocycles. The monoisotopic (exact) mass is 368 g/mol. The predicted octanol–water partition coefficient (Wildman–Crippen LogP) is 1.82. The minimum absolute atomic E-state index is 0.0826. The number of carbonyl (C=O) groups is 2. The number of likely N-dealkylation sites (N-methyl/N-ethyl adjacent to an activating group) is 1. The number of amides is 2. The van der Waals surface area contributed by atoms with Crippen molar-refractivity contribution in [2.45, 2.75) is 12.0 Å². The summed E-state index contributed by atoms with van der Waals surface area (Å²) in [6.07, 6.45) is 0.322. The molecule has 0 saturated carbocycles. The summed E-state index contributed by atoms with van der Waals surface area (Å²) in [4.78, 5) is 28.0. The number of nitrogens with zero attached hydrogens (tertiary/aromatic N) is 4. The van der Waals surface area contributed by atoms with Gasteiger partial charge in [0.2, 0.25) is 5.88 Å². The normalized spacial score (nSPS) is 21.6. The summed E-state index contributed by atoms with van der Waals surface area (Å²) < 4.78 is 10.5. The summed E-state index contributed by atoms with van der Waals surface area (Å²) in [6.45, 7) is 1.48. The lowest BCUT2D eigenvalue weighted by atomic mass is 10.0. The third-order valence-corrected chi connectivity index (χ3v) is 5.00. The first-order chi connectivity index (χ1) is 13.0. The molecule has 2 aromatic rings. The van der Waals surface area contributed by atoms with Crippen molar-refractivity contribution >= 4 is 12.0 Å². The minimum Gasteiger partial charge on any atom is -0.480 e. The molecule has 2 amide bonds. The zero-order chi connectivity index (χ0) is 19.0. The molecule has 0 radical (unpaired) electrons. The lowest BCUT2D eigenvalue weighted by molar-refractivity contribution is 0.0553. The fraction of sp³-hybridized carbons (Fsp3) is 0.368. The topological polar surface area (TPSA) is 84.9 Å². The van der Waals surface area contributed by atoms with E-state index in [1.807, 2.05) is 12.1 Å². The lowest BCUT2D eigenvalue weighted by Gasteiger charge is -2.22. The van der Waals surface area contributed by atoms with Gasteiger partial charge in [-0.2, -0.15) is 0 Å². The van der Waals surface area contributed by atoms with E-state index in [-0.39, 0.29) is 12.0 Å². The predicted molar refractivity (Wildman–Crippen MR) is 96.4 cm³/mol. The number of methoxy groups -OCH3 is 1. The van der Waals surface area contributed by atoms with E-state index in [4.69, 9.17) is 9.47 Å². The van der Waals surface area contributed by atoms with Crippen LogP contribution in [0.2, 0.25) is 0 Å². The maximum Gasteiger partial charge on any atom is 0.410 e. The molecule has 0 bridgehead atoms. The van der Waals surface area contributed by atoms with Crippen molar-refractivity contribution in [3.8, 4) is 17.1 Å². The van der Waals surface area contributed by atoms with E-state index in [1.54, 1.807) is 41.1 Å². The second kappa shape index (κ2) is 6.53. The van der Waals surface area contributed by atoms with Gasteiger partial charge < -0.3 is 19.3 Å². The van der Waals surface area contributed by atoms with Gasteiger partial charge in [0.1, 0.15) is 0 Å². The molecule has 8 heteroatoms. The van der Waals surface area contributed by atoms with Crippen LogP contribution in [-0.2, 0) is 4.74 Å². The fourth-order valence-corrected chi connectivity index (χ4v) is 3.60. The van der Waals surface area contributed by atoms with Crippen LogP contribution in [0.1, 0.15) is 16.8 Å². The van der Waals surface area contributed by atoms with E-state index in [1.165, 1.54) is 7.11 Å². The Morgan fingerprint density at radius 1 is 1.22 bits per heavy atom. The molecule has 3 heterocycles. The number of hydrogen-bond acceptors (Lipinski definition) is 6. The van der Waals surface area contributed by atoms with Crippen molar-refractivity contribution < 1.29 is 19.1 Å². The highest BCUT2D eigenvalue weighted by atomic mass is 16.6. The molecule has 8 nitrogen and oxygen atoms in total. The van der Waals surface area contributed by atoms with E-state index in [9.17, 15) is 9.59 Å². The van der Waals surface area contributed by atoms with Crippen LogP contribution in [0.15, 0.2) is 36.4 Å². The van der Waals surface area contributed by atoms with Crippen LogP contribution in [0, 0.1) is 0 Å². The van der Waals surface area contributed by atoms with Gasteiger partial charge in [-0.3, -0.25) is 4.79 Å². The molecule has 0 aliphatic carbocycles. The quantitative estimate of drug-likeness (QED) is 0.822. The molecule has 2 aliphatic heterocycles. The van der Waals surface area contributed by atoms with E-state index in [0.717, 1.165) is 5.56 Å². The van der Waals surface area contributed by atoms with Crippen molar-refractivity contribution in [3.05, 3.63) is 42.0 Å². The molecule has 27 heavy (non-hydrogen) atoms. The molecule has 1 atom stereocenters. The summed E-state index contributed by atoms with van der Waals surface area (Å²) in [7, 11) is 3.24. The van der Waals surface area contributed by atoms with E-state index >= 15 is 0 Å². The van der Waals surface area contributed by atoms with Gasteiger partial charge in [-0.1, -0.05) is 12.1 Å². The average molecular weight is 368 g/mol. The summed E-state index contributed by atoms with van der Waals surface area (Å²) in [5, 5.41) is 8.10. The van der Waals surface area contributed by atoms with E-state index in [0.29, 0.717) is 43.2 Å². The number of hydrogen-bond donors (Lipinski definition) is 0. The highest BCUT2D eigenvalue weighted by Crippen LogP contribution is 2.32. The standard InChI is InChI=1S/C19H20N4O4/c1-22-11-19(27-18(22)25)8-9-23(12-19)17(24)14-5-3-4-13(10-14)15-6-7-16(26-2)21-20-15/h3-7,10H,8-9,11-12H2,1-2H3/t19-/m0/s1. The SMILES string of the molecule is COc1ccc(-c2cccc(C(=O)N3CC[C@]4(CN(C)C(=O)O4)C3)c2)nn1. The van der Waals surface area contributed by atoms with Gasteiger partial charge >= 0.3 is 6.09 Å². The molecule has 0 unspecified atom stereocenters. The Morgan fingerprint density at radius 3 is 2.74 bits per heavy atom. The molecule has 140 valence electrons. The first kappa shape index (κ1) is 17.3. The molecular formula is C19H20N4O4. The zero-order valence-electron chi connectivity index (χ0n) is 15.2. The van der Waals surface area contributed by atoms with E-state index < -0.39 is 5.60 Å². The summed E-state index contributed by atoms with van der Waals surface area (Å²) in [5.41, 5.74) is 1.45. The Bertz CT molecular complexity index is 886. The van der Waals surface area contributed by atoms with Gasteiger partial charge in [-0.05, 0) is 18.2 Å². The molecular weight excluding hydrogens is 348 g/mol. The van der Waals surface area contributed by atoms with Crippen LogP contribution in [0.4, 0.5) is 4.79 Å². The zero-order valence-corrected chi connectivity index (χ0v) is 15.2. The Balaban J connectivity index is 1.52. The number of ether oxygens (including phenoxy) is 2. The molecule has 4 rings (SSSR count). The molecule has 2 fully saturated rings. The Morgan fingerprint density at radius 2 is 2.07 bits per heavy atom. The largest absolute Gasteiger partial charge is 0.480 e. The van der Waals surface area contributed by atoms with Gasteiger partial charge in [-0.15, -0.1) is 10.2 Å². The third kappa shape index (κ3) is 3.18. The highest BCUT2D eigenvalue weighted by Gasteiger charge is 2.49. The molecule has 2 aliphatic rings. The maximum absolute atomic E-state index is 12.9. The highest BCUT2D eigenvalue weighted by molar-refractivity contribution is 5.95. The van der Waals surface area contributed by atoms with Gasteiger partial charge in [-0.25, -0.2) is 4.79 Å². The smallest absolute Gasteiger partial charge is 0.410 e. The van der Waals surface area contributed by atoms with Crippen molar-refractivity contribution in [1.82, 2.24) is 20.0 Å². The van der Waals surface area contributed by atoms with Crippen molar-refractivity contribution in [2.75, 3.05) is 33.8 Å². The fourth-order valence-electron chi connectivity index (χ4n) is 3.60. The average Bonchev–Trinajstić information content (AvgIpc) is 3.23. The lowest BCUT2D eigenvalue weighted by Crippen LogP contribution is -2.39. The first-order valence-electron chi connectivity index (χ1n) is 8.71. The minimum atomic E-state index is -0.583. The third-order valence-electron chi connectivity index (χ3n) is 5.00. The van der Waals surface area contributed by atoms with E-state index in [2.05, 4.69) is 10.2 Å². The summed E-state index contributed by atoms with van der Waals surface area (Å²) in [6, 6.07) is 10.8. The van der Waals surface area contributed by atoms with Crippen molar-refractivity contribution in [1.29, 1.82) is 0 Å². The van der Waals surface area contributed by atoms with Crippen LogP contribution in [-0.4, -0.2) is 71.4 Å². The van der Waals surface area contributed by atoms with Gasteiger partial charge in [0, 0.05) is 37.2 Å². The van der Waals surface area contributed by atoms with Gasteiger partial charge in [0.05, 0.1) is 25.9 Å². The molecule has 1 spiro atoms. The number of benzene rings is 1. The molecule has 1 aromatic carbocycles. The molecule has 1 aromatic heterocycles. The van der Waals surface area contributed by atoms with Gasteiger partial charge in [0.15, 0.2) is 5.60 Å². The maximum atomic E-state index is 12.9. The molecule has 0 N–H and O–H groups in total.